The standard InChI is InChI=1S/2C22H32N4O2/c2*1-2-14-11-23-21(24-12-14)26-5-3-4-18(13-26)25-20(28)22-8-15-6-16(9-22)19(27)17(7-15)10-22/h2*11-12,15-19,27H,2-10,13H2,1H3,(H,25,28)/t2*15?,16?,17?,18-,19?,22?/m00/s1. The van der Waals surface area contributed by atoms with E-state index >= 15 is 0 Å². The minimum absolute atomic E-state index is 0.161. The van der Waals surface area contributed by atoms with Gasteiger partial charge in [0.2, 0.25) is 23.7 Å². The number of aliphatic hydroxyl groups excluding tert-OH is 2. The van der Waals surface area contributed by atoms with E-state index in [2.05, 4.69) is 54.2 Å². The number of hydrogen-bond donors (Lipinski definition) is 4. The molecule has 8 aliphatic carbocycles. The summed E-state index contributed by atoms with van der Waals surface area (Å²) in [6.07, 6.45) is 23.3. The highest BCUT2D eigenvalue weighted by Crippen LogP contribution is 2.61. The van der Waals surface area contributed by atoms with Crippen molar-refractivity contribution in [2.45, 2.75) is 141 Å². The number of amides is 2. The Kier molecular flexibility index (Phi) is 10.5. The predicted molar refractivity (Wildman–Crippen MR) is 214 cm³/mol. The van der Waals surface area contributed by atoms with Crippen molar-refractivity contribution in [3.05, 3.63) is 35.9 Å². The van der Waals surface area contributed by atoms with Crippen molar-refractivity contribution in [2.75, 3.05) is 36.0 Å². The van der Waals surface area contributed by atoms with Crippen LogP contribution in [0.5, 0.6) is 0 Å². The van der Waals surface area contributed by atoms with Crippen molar-refractivity contribution in [3.63, 3.8) is 0 Å². The summed E-state index contributed by atoms with van der Waals surface area (Å²) in [6.45, 7) is 7.67. The number of nitrogens with one attached hydrogen (secondary N) is 2. The molecule has 4 unspecified atom stereocenters. The maximum absolute atomic E-state index is 13.4. The van der Waals surface area contributed by atoms with Gasteiger partial charge in [-0.05, 0) is 149 Å². The van der Waals surface area contributed by atoms with Gasteiger partial charge >= 0.3 is 0 Å². The van der Waals surface area contributed by atoms with Gasteiger partial charge in [-0.3, -0.25) is 9.59 Å². The molecule has 10 fully saturated rings. The number of carbonyl (C=O) groups excluding carboxylic acids is 2. The van der Waals surface area contributed by atoms with Crippen LogP contribution in [0.2, 0.25) is 0 Å². The zero-order valence-electron chi connectivity index (χ0n) is 33.6. The Morgan fingerprint density at radius 1 is 0.625 bits per heavy atom. The van der Waals surface area contributed by atoms with Gasteiger partial charge in [0.1, 0.15) is 0 Å². The van der Waals surface area contributed by atoms with Crippen molar-refractivity contribution in [2.24, 2.45) is 46.3 Å². The smallest absolute Gasteiger partial charge is 0.226 e. The first-order chi connectivity index (χ1) is 27.1. The average molecular weight is 769 g/mol. The minimum Gasteiger partial charge on any atom is -0.393 e. The van der Waals surface area contributed by atoms with E-state index in [0.29, 0.717) is 35.5 Å². The third-order valence-corrected chi connectivity index (χ3v) is 15.7. The zero-order chi connectivity index (χ0) is 38.6. The van der Waals surface area contributed by atoms with Crippen LogP contribution in [-0.4, -0.2) is 92.4 Å². The molecule has 2 amide bonds. The molecule has 12 rings (SSSR count). The number of rotatable bonds is 8. The molecule has 4 N–H and O–H groups in total. The van der Waals surface area contributed by atoms with Crippen molar-refractivity contribution in [1.29, 1.82) is 0 Å². The lowest BCUT2D eigenvalue weighted by atomic mass is 9.48. The molecule has 12 nitrogen and oxygen atoms in total. The largest absolute Gasteiger partial charge is 0.393 e. The van der Waals surface area contributed by atoms with Gasteiger partial charge in [-0.1, -0.05) is 13.8 Å². The molecule has 2 aromatic rings. The SMILES string of the molecule is CCc1cnc(N2CCC[C@H](NC(=O)C34CC5CC(C3)C(O)C(C5)C4)C2)nc1.CCc1cnc(N2CCC[C@H](NC(=O)C34CC5CC(C3)C(O)C(C5)C4)C2)nc1. The zero-order valence-corrected chi connectivity index (χ0v) is 33.6. The highest BCUT2D eigenvalue weighted by molar-refractivity contribution is 5.84. The van der Waals surface area contributed by atoms with Gasteiger partial charge in [-0.25, -0.2) is 19.9 Å². The lowest BCUT2D eigenvalue weighted by Crippen LogP contribution is -2.60. The number of aromatic nitrogens is 4. The van der Waals surface area contributed by atoms with Crippen LogP contribution in [0.4, 0.5) is 11.9 Å². The first-order valence-electron chi connectivity index (χ1n) is 22.2. The predicted octanol–water partition coefficient (Wildman–Crippen LogP) is 4.62. The molecular formula is C44H64N8O4. The number of aryl methyl sites for hydroxylation is 2. The number of hydrogen-bond acceptors (Lipinski definition) is 10. The number of aliphatic hydroxyl groups is 2. The molecule has 8 bridgehead atoms. The summed E-state index contributed by atoms with van der Waals surface area (Å²) in [6, 6.07) is 0.322. The highest BCUT2D eigenvalue weighted by atomic mass is 16.3. The van der Waals surface area contributed by atoms with E-state index < -0.39 is 0 Å². The summed E-state index contributed by atoms with van der Waals surface area (Å²) >= 11 is 0. The summed E-state index contributed by atoms with van der Waals surface area (Å²) in [4.78, 5) is 49.2. The summed E-state index contributed by atoms with van der Waals surface area (Å²) in [7, 11) is 0. The van der Waals surface area contributed by atoms with E-state index in [-0.39, 0.29) is 46.9 Å². The van der Waals surface area contributed by atoms with Crippen LogP contribution < -0.4 is 20.4 Å². The third kappa shape index (κ3) is 7.30. The Balaban J connectivity index is 0.000000146. The Hall–Kier alpha value is -3.38. The van der Waals surface area contributed by atoms with E-state index in [1.54, 1.807) is 0 Å². The Morgan fingerprint density at radius 3 is 1.32 bits per heavy atom. The van der Waals surface area contributed by atoms with Gasteiger partial charge < -0.3 is 30.6 Å². The van der Waals surface area contributed by atoms with Gasteiger partial charge in [-0.15, -0.1) is 0 Å². The Morgan fingerprint density at radius 2 is 0.982 bits per heavy atom. The van der Waals surface area contributed by atoms with E-state index in [1.807, 2.05) is 24.8 Å². The molecule has 304 valence electrons. The molecule has 2 aromatic heterocycles. The first kappa shape index (κ1) is 38.2. The maximum atomic E-state index is 13.4. The monoisotopic (exact) mass is 769 g/mol. The second kappa shape index (κ2) is 15.4. The normalized spacial score (nSPS) is 39.2. The van der Waals surface area contributed by atoms with Crippen LogP contribution in [0.25, 0.3) is 0 Å². The Labute approximate surface area is 332 Å². The topological polar surface area (TPSA) is 157 Å². The molecule has 4 heterocycles. The van der Waals surface area contributed by atoms with Crippen LogP contribution in [0.3, 0.4) is 0 Å². The highest BCUT2D eigenvalue weighted by Gasteiger charge is 2.59. The van der Waals surface area contributed by atoms with Gasteiger partial charge in [0.05, 0.1) is 23.0 Å². The van der Waals surface area contributed by atoms with Gasteiger partial charge in [-0.2, -0.15) is 0 Å². The maximum Gasteiger partial charge on any atom is 0.226 e. The molecule has 10 aliphatic rings. The fourth-order valence-electron chi connectivity index (χ4n) is 13.2. The van der Waals surface area contributed by atoms with Crippen molar-refractivity contribution in [3.8, 4) is 0 Å². The van der Waals surface area contributed by atoms with Crippen molar-refractivity contribution >= 4 is 23.7 Å². The fourth-order valence-corrected chi connectivity index (χ4v) is 13.2. The molecule has 56 heavy (non-hydrogen) atoms. The average Bonchev–Trinajstić information content (AvgIpc) is 3.21. The van der Waals surface area contributed by atoms with E-state index in [0.717, 1.165) is 152 Å². The van der Waals surface area contributed by atoms with E-state index in [9.17, 15) is 19.8 Å². The molecule has 0 aromatic carbocycles. The molecule has 8 saturated carbocycles. The Bertz CT molecular complexity index is 1570. The fraction of sp³-hybridized carbons (Fsp3) is 0.773. The van der Waals surface area contributed by atoms with E-state index in [4.69, 9.17) is 0 Å². The summed E-state index contributed by atoms with van der Waals surface area (Å²) in [5.41, 5.74) is 1.85. The van der Waals surface area contributed by atoms with E-state index in [1.165, 1.54) is 0 Å². The molecule has 2 aliphatic heterocycles. The third-order valence-electron chi connectivity index (χ3n) is 15.7. The molecule has 0 spiro atoms. The number of piperidine rings is 2. The second-order valence-corrected chi connectivity index (χ2v) is 19.5. The van der Waals surface area contributed by atoms with Crippen LogP contribution >= 0.6 is 0 Å². The summed E-state index contributed by atoms with van der Waals surface area (Å²) in [5, 5.41) is 27.8. The van der Waals surface area contributed by atoms with Crippen LogP contribution in [-0.2, 0) is 22.4 Å². The van der Waals surface area contributed by atoms with Crippen LogP contribution in [0, 0.1) is 46.3 Å². The number of carbonyl (C=O) groups is 2. The number of anilines is 2. The van der Waals surface area contributed by atoms with Gasteiger partial charge in [0, 0.05) is 63.1 Å². The molecule has 0 radical (unpaired) electrons. The minimum atomic E-state index is -0.225. The molecule has 12 heteroatoms. The van der Waals surface area contributed by atoms with Gasteiger partial charge in [0.25, 0.3) is 0 Å². The van der Waals surface area contributed by atoms with Crippen LogP contribution in [0.1, 0.15) is 115 Å². The summed E-state index contributed by atoms with van der Waals surface area (Å²) < 4.78 is 0. The van der Waals surface area contributed by atoms with Gasteiger partial charge in [0.15, 0.2) is 0 Å². The lowest BCUT2D eigenvalue weighted by molar-refractivity contribution is -0.164. The number of nitrogens with zero attached hydrogens (tertiary/aromatic N) is 6. The molecule has 2 saturated heterocycles. The van der Waals surface area contributed by atoms with Crippen molar-refractivity contribution in [1.82, 2.24) is 30.6 Å². The lowest BCUT2D eigenvalue weighted by Gasteiger charge is -2.58. The first-order valence-corrected chi connectivity index (χ1v) is 22.2. The molecular weight excluding hydrogens is 705 g/mol. The quantitative estimate of drug-likeness (QED) is 0.299. The summed E-state index contributed by atoms with van der Waals surface area (Å²) in [5.74, 6) is 4.66. The second-order valence-electron chi connectivity index (χ2n) is 19.5. The molecule has 6 atom stereocenters. The van der Waals surface area contributed by atoms with Crippen molar-refractivity contribution < 1.29 is 19.8 Å². The van der Waals surface area contributed by atoms with Crippen LogP contribution in [0.15, 0.2) is 24.8 Å².